The van der Waals surface area contributed by atoms with Gasteiger partial charge in [0.2, 0.25) is 0 Å². The molecule has 0 spiro atoms. The first-order chi connectivity index (χ1) is 14.9. The van der Waals surface area contributed by atoms with Crippen molar-refractivity contribution in [1.29, 1.82) is 0 Å². The van der Waals surface area contributed by atoms with Gasteiger partial charge in [0.05, 0.1) is 6.61 Å². The van der Waals surface area contributed by atoms with E-state index in [0.29, 0.717) is 23.1 Å². The van der Waals surface area contributed by atoms with Gasteiger partial charge in [-0.1, -0.05) is 66.7 Å². The predicted octanol–water partition coefficient (Wildman–Crippen LogP) is 5.07. The van der Waals surface area contributed by atoms with Crippen LogP contribution < -0.4 is 0 Å². The maximum atomic E-state index is 13.5. The normalized spacial score (nSPS) is 13.6. The van der Waals surface area contributed by atoms with Crippen molar-refractivity contribution < 1.29 is 14.6 Å². The first-order valence-electron chi connectivity index (χ1n) is 10.5. The Morgan fingerprint density at radius 1 is 0.903 bits per heavy atom. The van der Waals surface area contributed by atoms with Crippen molar-refractivity contribution in [2.45, 2.75) is 25.0 Å². The molecule has 4 heteroatoms. The minimum absolute atomic E-state index is 0.195. The van der Waals surface area contributed by atoms with Gasteiger partial charge in [-0.3, -0.25) is 0 Å². The second kappa shape index (κ2) is 10.5. The Labute approximate surface area is 184 Å². The highest BCUT2D eigenvalue weighted by atomic mass is 19.1. The Balaban J connectivity index is 1.97. The summed E-state index contributed by atoms with van der Waals surface area (Å²) in [6, 6.07) is 21.7. The molecule has 31 heavy (non-hydrogen) atoms. The van der Waals surface area contributed by atoms with Gasteiger partial charge in [0.1, 0.15) is 11.4 Å². The minimum atomic E-state index is -1.32. The lowest BCUT2D eigenvalue weighted by Crippen LogP contribution is -2.30. The molecule has 3 nitrogen and oxygen atoms in total. The zero-order valence-electron chi connectivity index (χ0n) is 18.1. The van der Waals surface area contributed by atoms with E-state index in [-0.39, 0.29) is 12.4 Å². The molecular weight excluding hydrogens is 389 g/mol. The highest BCUT2D eigenvalue weighted by molar-refractivity contribution is 5.70. The molecular formula is C27H30FNO2. The number of hydrogen-bond acceptors (Lipinski definition) is 3. The highest BCUT2D eigenvalue weighted by Crippen LogP contribution is 2.37. The molecule has 0 unspecified atom stereocenters. The molecule has 0 aromatic heterocycles. The van der Waals surface area contributed by atoms with Crippen molar-refractivity contribution in [2.24, 2.45) is 0 Å². The first-order valence-corrected chi connectivity index (χ1v) is 10.5. The van der Waals surface area contributed by atoms with Gasteiger partial charge < -0.3 is 15.1 Å². The molecule has 0 bridgehead atoms. The summed E-state index contributed by atoms with van der Waals surface area (Å²) in [5.41, 5.74) is 2.64. The zero-order chi connectivity index (χ0) is 22.3. The van der Waals surface area contributed by atoms with Crippen molar-refractivity contribution in [2.75, 3.05) is 20.6 Å². The van der Waals surface area contributed by atoms with Crippen LogP contribution in [0.15, 0.2) is 72.8 Å². The molecule has 1 atom stereocenters. The number of aliphatic hydroxyl groups is 2. The lowest BCUT2D eigenvalue weighted by molar-refractivity contribution is 0.0641. The molecule has 2 N–H and O–H groups in total. The van der Waals surface area contributed by atoms with Crippen LogP contribution in [0.4, 0.5) is 4.39 Å². The molecule has 3 rings (SSSR count). The van der Waals surface area contributed by atoms with Crippen LogP contribution in [0.25, 0.3) is 12.2 Å². The van der Waals surface area contributed by atoms with E-state index in [2.05, 4.69) is 4.90 Å². The summed E-state index contributed by atoms with van der Waals surface area (Å²) in [5.74, 6) is -0.344. The van der Waals surface area contributed by atoms with E-state index in [0.717, 1.165) is 24.1 Å². The lowest BCUT2D eigenvalue weighted by atomic mass is 9.80. The average molecular weight is 420 g/mol. The molecule has 0 saturated carbocycles. The number of hydrogen-bond donors (Lipinski definition) is 2. The summed E-state index contributed by atoms with van der Waals surface area (Å²) >= 11 is 0. The van der Waals surface area contributed by atoms with Gasteiger partial charge in [-0.05, 0) is 79.5 Å². The second-order valence-corrected chi connectivity index (χ2v) is 8.09. The molecule has 3 aromatic carbocycles. The topological polar surface area (TPSA) is 43.7 Å². The van der Waals surface area contributed by atoms with Crippen LogP contribution in [0, 0.1) is 5.82 Å². The third-order valence-electron chi connectivity index (χ3n) is 5.48. The van der Waals surface area contributed by atoms with E-state index in [9.17, 15) is 14.6 Å². The summed E-state index contributed by atoms with van der Waals surface area (Å²) in [4.78, 5) is 2.06. The van der Waals surface area contributed by atoms with Crippen LogP contribution in [-0.4, -0.2) is 35.8 Å². The Bertz CT molecular complexity index is 1000. The lowest BCUT2D eigenvalue weighted by Gasteiger charge is -2.32. The largest absolute Gasteiger partial charge is 0.392 e. The molecule has 0 heterocycles. The highest BCUT2D eigenvalue weighted by Gasteiger charge is 2.33. The third-order valence-corrected chi connectivity index (χ3v) is 5.48. The van der Waals surface area contributed by atoms with Crippen LogP contribution in [-0.2, 0) is 12.2 Å². The summed E-state index contributed by atoms with van der Waals surface area (Å²) in [5, 5.41) is 21.9. The van der Waals surface area contributed by atoms with E-state index in [1.54, 1.807) is 12.1 Å². The fourth-order valence-electron chi connectivity index (χ4n) is 3.82. The van der Waals surface area contributed by atoms with Crippen LogP contribution in [0.3, 0.4) is 0 Å². The van der Waals surface area contributed by atoms with E-state index < -0.39 is 5.60 Å². The van der Waals surface area contributed by atoms with Crippen molar-refractivity contribution in [1.82, 2.24) is 4.90 Å². The maximum absolute atomic E-state index is 13.5. The van der Waals surface area contributed by atoms with E-state index >= 15 is 0 Å². The monoisotopic (exact) mass is 419 g/mol. The molecule has 162 valence electrons. The average Bonchev–Trinajstić information content (AvgIpc) is 2.78. The number of nitrogens with zero attached hydrogens (tertiary/aromatic N) is 1. The fourth-order valence-corrected chi connectivity index (χ4v) is 3.82. The summed E-state index contributed by atoms with van der Waals surface area (Å²) in [6.45, 7) is 0.620. The number of halogens is 1. The molecule has 3 aromatic rings. The van der Waals surface area contributed by atoms with Gasteiger partial charge in [0.25, 0.3) is 0 Å². The second-order valence-electron chi connectivity index (χ2n) is 8.09. The standard InChI is InChI=1S/C27H30FNO2/c1-29(2)18-6-17-27(31,24-12-14-25(28)15-13-24)26-16-11-22(19-23(26)20-30)10-9-21-7-4-3-5-8-21/h3-5,7-16,19,30-31H,6,17-18,20H2,1-2H3/b10-9+/t27-/m1/s1. The number of rotatable bonds is 9. The zero-order valence-corrected chi connectivity index (χ0v) is 18.1. The summed E-state index contributed by atoms with van der Waals surface area (Å²) in [7, 11) is 3.98. The van der Waals surface area contributed by atoms with E-state index in [1.807, 2.05) is 74.8 Å². The van der Waals surface area contributed by atoms with Crippen LogP contribution in [0.1, 0.15) is 40.7 Å². The molecule has 0 amide bonds. The van der Waals surface area contributed by atoms with Crippen molar-refractivity contribution in [3.8, 4) is 0 Å². The quantitative estimate of drug-likeness (QED) is 0.476. The van der Waals surface area contributed by atoms with Gasteiger partial charge in [-0.15, -0.1) is 0 Å². The molecule has 0 aliphatic carbocycles. The Kier molecular flexibility index (Phi) is 7.75. The first kappa shape index (κ1) is 22.9. The molecule has 0 aliphatic rings. The van der Waals surface area contributed by atoms with Crippen LogP contribution in [0.2, 0.25) is 0 Å². The summed E-state index contributed by atoms with van der Waals surface area (Å²) < 4.78 is 13.5. The summed E-state index contributed by atoms with van der Waals surface area (Å²) in [6.07, 6.45) is 5.21. The molecule has 0 saturated heterocycles. The van der Waals surface area contributed by atoms with Crippen molar-refractivity contribution in [3.63, 3.8) is 0 Å². The van der Waals surface area contributed by atoms with Crippen molar-refractivity contribution >= 4 is 12.2 Å². The number of benzene rings is 3. The maximum Gasteiger partial charge on any atom is 0.123 e. The van der Waals surface area contributed by atoms with Gasteiger partial charge >= 0.3 is 0 Å². The Morgan fingerprint density at radius 2 is 1.58 bits per heavy atom. The van der Waals surface area contributed by atoms with Gasteiger partial charge in [-0.2, -0.15) is 0 Å². The fraction of sp³-hybridized carbons (Fsp3) is 0.259. The molecule has 0 fully saturated rings. The minimum Gasteiger partial charge on any atom is -0.392 e. The van der Waals surface area contributed by atoms with Gasteiger partial charge in [0.15, 0.2) is 0 Å². The SMILES string of the molecule is CN(C)CCC[C@@](O)(c1ccc(F)cc1)c1ccc(/C=C/c2ccccc2)cc1CO. The Hall–Kier alpha value is -2.79. The van der Waals surface area contributed by atoms with E-state index in [4.69, 9.17) is 0 Å². The Morgan fingerprint density at radius 3 is 2.23 bits per heavy atom. The third kappa shape index (κ3) is 5.88. The van der Waals surface area contributed by atoms with E-state index in [1.165, 1.54) is 12.1 Å². The van der Waals surface area contributed by atoms with Gasteiger partial charge in [-0.25, -0.2) is 4.39 Å². The number of aliphatic hydroxyl groups excluding tert-OH is 1. The van der Waals surface area contributed by atoms with Crippen LogP contribution >= 0.6 is 0 Å². The molecule has 0 aliphatic heterocycles. The predicted molar refractivity (Wildman–Crippen MR) is 125 cm³/mol. The van der Waals surface area contributed by atoms with Gasteiger partial charge in [0, 0.05) is 0 Å². The van der Waals surface area contributed by atoms with Crippen LogP contribution in [0.5, 0.6) is 0 Å². The smallest absolute Gasteiger partial charge is 0.123 e. The molecule has 0 radical (unpaired) electrons. The van der Waals surface area contributed by atoms with Crippen molar-refractivity contribution in [3.05, 3.63) is 106 Å².